The first-order valence-electron chi connectivity index (χ1n) is 13.5. The smallest absolute Gasteiger partial charge is 0.339 e. The molecule has 212 valence electrons. The first kappa shape index (κ1) is 28.6. The summed E-state index contributed by atoms with van der Waals surface area (Å²) in [6.45, 7) is 10.4. The summed E-state index contributed by atoms with van der Waals surface area (Å²) < 4.78 is 38.0. The van der Waals surface area contributed by atoms with Gasteiger partial charge in [-0.3, -0.25) is 9.59 Å². The summed E-state index contributed by atoms with van der Waals surface area (Å²) in [4.78, 5) is 27.3. The largest absolute Gasteiger partial charge is 0.490 e. The zero-order valence-corrected chi connectivity index (χ0v) is 25.8. The quantitative estimate of drug-likeness (QED) is 0.361. The molecular weight excluding hydrogens is 594 g/mol. The van der Waals surface area contributed by atoms with Crippen molar-refractivity contribution in [3.05, 3.63) is 75.0 Å². The van der Waals surface area contributed by atoms with E-state index in [1.165, 1.54) is 12.1 Å². The summed E-state index contributed by atoms with van der Waals surface area (Å²) in [5, 5.41) is 3.51. The molecule has 3 aliphatic rings. The number of rotatable bonds is 6. The van der Waals surface area contributed by atoms with Crippen molar-refractivity contribution in [1.29, 1.82) is 0 Å². The number of nitrogens with one attached hydrogen (secondary N) is 1. The van der Waals surface area contributed by atoms with Gasteiger partial charge in [-0.2, -0.15) is 8.42 Å². The molecule has 0 fully saturated rings. The van der Waals surface area contributed by atoms with Crippen LogP contribution < -0.4 is 14.2 Å². The summed E-state index contributed by atoms with van der Waals surface area (Å²) in [5.41, 5.74) is 3.17. The van der Waals surface area contributed by atoms with Crippen molar-refractivity contribution in [3.8, 4) is 11.5 Å². The van der Waals surface area contributed by atoms with Crippen LogP contribution in [0.15, 0.2) is 74.4 Å². The Hall–Kier alpha value is -2.91. The van der Waals surface area contributed by atoms with E-state index in [4.69, 9.17) is 8.92 Å². The lowest BCUT2D eigenvalue weighted by atomic mass is 9.64. The minimum Gasteiger partial charge on any atom is -0.490 e. The number of hydrogen-bond acceptors (Lipinski definition) is 7. The van der Waals surface area contributed by atoms with Crippen LogP contribution in [0.25, 0.3) is 0 Å². The standard InChI is InChI=1S/C31H34BrNO6S/c1-6-38-25-13-18(12-20(32)29(25)39-40(36,37)19-10-8-7-9-11-19)26-27-21(14-30(2,3)16-23(27)34)33-22-15-31(4,5)17-24(35)28(22)26/h7-13,26,33H,6,14-17H2,1-5H3. The first-order valence-corrected chi connectivity index (χ1v) is 15.7. The maximum Gasteiger partial charge on any atom is 0.339 e. The maximum atomic E-state index is 13.7. The molecular formula is C31H34BrNO6S. The first-order chi connectivity index (χ1) is 18.7. The van der Waals surface area contributed by atoms with Gasteiger partial charge in [0.25, 0.3) is 0 Å². The van der Waals surface area contributed by atoms with Crippen molar-refractivity contribution >= 4 is 37.6 Å². The van der Waals surface area contributed by atoms with E-state index < -0.39 is 16.0 Å². The molecule has 5 rings (SSSR count). The van der Waals surface area contributed by atoms with Crippen LogP contribution in [-0.4, -0.2) is 26.6 Å². The summed E-state index contributed by atoms with van der Waals surface area (Å²) in [7, 11) is -4.14. The average molecular weight is 629 g/mol. The second-order valence-corrected chi connectivity index (χ2v) is 14.7. The molecule has 1 aliphatic heterocycles. The van der Waals surface area contributed by atoms with Gasteiger partial charge in [0.2, 0.25) is 0 Å². The van der Waals surface area contributed by atoms with Gasteiger partial charge in [-0.25, -0.2) is 0 Å². The number of hydrogen-bond donors (Lipinski definition) is 1. The minimum absolute atomic E-state index is 0.00833. The fraction of sp³-hybridized carbons (Fsp3) is 0.419. The summed E-state index contributed by atoms with van der Waals surface area (Å²) >= 11 is 3.52. The predicted octanol–water partition coefficient (Wildman–Crippen LogP) is 6.59. The van der Waals surface area contributed by atoms with E-state index in [2.05, 4.69) is 48.9 Å². The normalized spacial score (nSPS) is 20.6. The molecule has 0 bridgehead atoms. The topological polar surface area (TPSA) is 98.8 Å². The van der Waals surface area contributed by atoms with E-state index in [0.29, 0.717) is 46.9 Å². The van der Waals surface area contributed by atoms with Crippen LogP contribution in [0.5, 0.6) is 11.5 Å². The van der Waals surface area contributed by atoms with E-state index >= 15 is 0 Å². The zero-order chi connectivity index (χ0) is 29.0. The van der Waals surface area contributed by atoms with Gasteiger partial charge >= 0.3 is 10.1 Å². The van der Waals surface area contributed by atoms with Crippen LogP contribution >= 0.6 is 15.9 Å². The van der Waals surface area contributed by atoms with Crippen LogP contribution in [0, 0.1) is 10.8 Å². The number of ether oxygens (including phenoxy) is 1. The van der Waals surface area contributed by atoms with Crippen molar-refractivity contribution in [2.45, 2.75) is 71.1 Å². The van der Waals surface area contributed by atoms with Gasteiger partial charge in [-0.05, 0) is 76.4 Å². The number of carbonyl (C=O) groups excluding carboxylic acids is 2. The van der Waals surface area contributed by atoms with Gasteiger partial charge in [0.05, 0.1) is 11.1 Å². The molecule has 0 radical (unpaired) electrons. The van der Waals surface area contributed by atoms with Crippen LogP contribution in [0.3, 0.4) is 0 Å². The monoisotopic (exact) mass is 627 g/mol. The molecule has 0 unspecified atom stereocenters. The van der Waals surface area contributed by atoms with E-state index in [0.717, 1.165) is 11.4 Å². The number of Topliss-reactive ketones (excluding diaryl/α,β-unsaturated/α-hetero) is 2. The third kappa shape index (κ3) is 5.38. The van der Waals surface area contributed by atoms with Gasteiger partial charge in [-0.15, -0.1) is 0 Å². The van der Waals surface area contributed by atoms with Crippen molar-refractivity contribution in [2.75, 3.05) is 6.61 Å². The summed E-state index contributed by atoms with van der Waals surface area (Å²) in [5.74, 6) is -0.350. The highest BCUT2D eigenvalue weighted by atomic mass is 79.9. The average Bonchev–Trinajstić information content (AvgIpc) is 2.84. The molecule has 1 heterocycles. The van der Waals surface area contributed by atoms with E-state index in [9.17, 15) is 18.0 Å². The molecule has 40 heavy (non-hydrogen) atoms. The Morgan fingerprint density at radius 3 is 1.98 bits per heavy atom. The number of carbonyl (C=O) groups is 2. The summed E-state index contributed by atoms with van der Waals surface area (Å²) in [6, 6.07) is 11.3. The third-order valence-corrected chi connectivity index (χ3v) is 9.43. The molecule has 9 heteroatoms. The summed E-state index contributed by atoms with van der Waals surface area (Å²) in [6.07, 6.45) is 2.13. The Morgan fingerprint density at radius 2 is 1.45 bits per heavy atom. The molecule has 0 aromatic heterocycles. The Bertz CT molecular complexity index is 1520. The molecule has 1 N–H and O–H groups in total. The van der Waals surface area contributed by atoms with Crippen molar-refractivity contribution in [1.82, 2.24) is 5.32 Å². The second kappa shape index (κ2) is 10.2. The Morgan fingerprint density at radius 1 is 0.900 bits per heavy atom. The molecule has 0 saturated carbocycles. The molecule has 7 nitrogen and oxygen atoms in total. The van der Waals surface area contributed by atoms with Gasteiger partial charge in [0.1, 0.15) is 4.90 Å². The molecule has 0 saturated heterocycles. The van der Waals surface area contributed by atoms with Gasteiger partial charge < -0.3 is 14.2 Å². The van der Waals surface area contributed by atoms with Gasteiger partial charge in [-0.1, -0.05) is 45.9 Å². The molecule has 2 aromatic carbocycles. The van der Waals surface area contributed by atoms with Crippen molar-refractivity contribution in [2.24, 2.45) is 10.8 Å². The highest BCUT2D eigenvalue weighted by molar-refractivity contribution is 9.10. The van der Waals surface area contributed by atoms with Gasteiger partial charge in [0, 0.05) is 41.3 Å². The minimum atomic E-state index is -4.14. The molecule has 2 aliphatic carbocycles. The maximum absolute atomic E-state index is 13.7. The molecule has 0 amide bonds. The number of ketones is 2. The lowest BCUT2D eigenvalue weighted by molar-refractivity contribution is -0.119. The Labute approximate surface area is 244 Å². The number of allylic oxidation sites excluding steroid dienone is 4. The second-order valence-electron chi connectivity index (χ2n) is 12.3. The Kier molecular flexibility index (Phi) is 7.28. The van der Waals surface area contributed by atoms with E-state index in [1.54, 1.807) is 37.3 Å². The highest BCUT2D eigenvalue weighted by Gasteiger charge is 2.46. The Balaban J connectivity index is 1.67. The van der Waals surface area contributed by atoms with Crippen molar-refractivity contribution < 1.29 is 26.9 Å². The fourth-order valence-electron chi connectivity index (χ4n) is 6.07. The van der Waals surface area contributed by atoms with E-state index in [1.807, 2.05) is 0 Å². The SMILES string of the molecule is CCOc1cc(C2C3=C(CC(C)(C)CC3=O)NC3=C2C(=O)CC(C)(C)C3)cc(Br)c1OS(=O)(=O)c1ccccc1. The van der Waals surface area contributed by atoms with Crippen LogP contribution in [-0.2, 0) is 19.7 Å². The van der Waals surface area contributed by atoms with E-state index in [-0.39, 0.29) is 45.4 Å². The lowest BCUT2D eigenvalue weighted by Gasteiger charge is -2.44. The van der Waals surface area contributed by atoms with Crippen LogP contribution in [0.2, 0.25) is 0 Å². The zero-order valence-electron chi connectivity index (χ0n) is 23.4. The van der Waals surface area contributed by atoms with Gasteiger partial charge in [0.15, 0.2) is 23.1 Å². The highest BCUT2D eigenvalue weighted by Crippen LogP contribution is 2.52. The number of benzene rings is 2. The van der Waals surface area contributed by atoms with Crippen LogP contribution in [0.4, 0.5) is 0 Å². The lowest BCUT2D eigenvalue weighted by Crippen LogP contribution is -2.42. The molecule has 0 spiro atoms. The third-order valence-electron chi connectivity index (χ3n) is 7.61. The molecule has 0 atom stereocenters. The van der Waals surface area contributed by atoms with Crippen molar-refractivity contribution in [3.63, 3.8) is 0 Å². The molecule has 2 aromatic rings. The number of halogens is 1. The van der Waals surface area contributed by atoms with Crippen LogP contribution in [0.1, 0.15) is 71.8 Å². The number of dihydropyridines is 1. The fourth-order valence-corrected chi connectivity index (χ4v) is 7.69. The predicted molar refractivity (Wildman–Crippen MR) is 156 cm³/mol.